The van der Waals surface area contributed by atoms with Gasteiger partial charge in [-0.25, -0.2) is 0 Å². The van der Waals surface area contributed by atoms with Gasteiger partial charge >= 0.3 is 0 Å². The Morgan fingerprint density at radius 1 is 1.12 bits per heavy atom. The first-order valence-electron chi connectivity index (χ1n) is 8.50. The van der Waals surface area contributed by atoms with Gasteiger partial charge in [0.15, 0.2) is 0 Å². The van der Waals surface area contributed by atoms with Gasteiger partial charge in [-0.2, -0.15) is 11.8 Å². The fourth-order valence-electron chi connectivity index (χ4n) is 3.02. The molecule has 126 valence electrons. The second-order valence-electron chi connectivity index (χ2n) is 6.15. The molecule has 2 atom stereocenters. The minimum absolute atomic E-state index is 0.0114. The lowest BCUT2D eigenvalue weighted by Crippen LogP contribution is -2.42. The maximum Gasteiger partial charge on any atom is 0.222 e. The van der Waals surface area contributed by atoms with Crippen LogP contribution in [0, 0.1) is 0 Å². The molecular formula is C20H24N2OS. The van der Waals surface area contributed by atoms with Gasteiger partial charge in [-0.1, -0.05) is 60.7 Å². The number of thioether (sulfide) groups is 1. The van der Waals surface area contributed by atoms with Crippen LogP contribution in [0.4, 0.5) is 0 Å². The van der Waals surface area contributed by atoms with E-state index in [1.807, 2.05) is 48.2 Å². The van der Waals surface area contributed by atoms with E-state index in [0.29, 0.717) is 6.42 Å². The molecule has 0 radical (unpaired) electrons. The molecule has 3 nitrogen and oxygen atoms in total. The predicted octanol–water partition coefficient (Wildman–Crippen LogP) is 3.18. The van der Waals surface area contributed by atoms with Gasteiger partial charge in [0.25, 0.3) is 0 Å². The maximum atomic E-state index is 12.5. The van der Waals surface area contributed by atoms with E-state index in [9.17, 15) is 4.79 Å². The van der Waals surface area contributed by atoms with Crippen LogP contribution in [0.5, 0.6) is 0 Å². The van der Waals surface area contributed by atoms with Gasteiger partial charge in [-0.3, -0.25) is 4.79 Å². The van der Waals surface area contributed by atoms with E-state index in [-0.39, 0.29) is 18.0 Å². The van der Waals surface area contributed by atoms with E-state index in [4.69, 9.17) is 0 Å². The van der Waals surface area contributed by atoms with Gasteiger partial charge in [0, 0.05) is 30.5 Å². The molecule has 4 heteroatoms. The minimum Gasteiger partial charge on any atom is -0.349 e. The minimum atomic E-state index is 0.0114. The van der Waals surface area contributed by atoms with Crippen molar-refractivity contribution in [2.45, 2.75) is 24.9 Å². The number of carbonyl (C=O) groups excluding carboxylic acids is 1. The Hall–Kier alpha value is -1.78. The Labute approximate surface area is 148 Å². The van der Waals surface area contributed by atoms with Crippen LogP contribution >= 0.6 is 11.8 Å². The predicted molar refractivity (Wildman–Crippen MR) is 101 cm³/mol. The fraction of sp³-hybridized carbons (Fsp3) is 0.350. The standard InChI is InChI=1S/C20H24N2OS/c23-20(14-18-15-24-12-11-21-18)22-19(17-9-5-2-6-10-17)13-16-7-3-1-4-8-16/h1-10,18-19,21H,11-15H2,(H,22,23). The largest absolute Gasteiger partial charge is 0.349 e. The molecule has 2 unspecified atom stereocenters. The summed E-state index contributed by atoms with van der Waals surface area (Å²) in [7, 11) is 0. The topological polar surface area (TPSA) is 41.1 Å². The van der Waals surface area contributed by atoms with Crippen molar-refractivity contribution >= 4 is 17.7 Å². The summed E-state index contributed by atoms with van der Waals surface area (Å²) in [5.41, 5.74) is 2.39. The van der Waals surface area contributed by atoms with Crippen molar-refractivity contribution < 1.29 is 4.79 Å². The van der Waals surface area contributed by atoms with E-state index >= 15 is 0 Å². The van der Waals surface area contributed by atoms with E-state index < -0.39 is 0 Å². The van der Waals surface area contributed by atoms with Crippen LogP contribution in [0.1, 0.15) is 23.6 Å². The Balaban J connectivity index is 1.66. The van der Waals surface area contributed by atoms with Crippen LogP contribution in [-0.2, 0) is 11.2 Å². The second kappa shape index (κ2) is 8.90. The zero-order chi connectivity index (χ0) is 16.6. The molecular weight excluding hydrogens is 316 g/mol. The molecule has 3 rings (SSSR count). The average molecular weight is 340 g/mol. The summed E-state index contributed by atoms with van der Waals surface area (Å²) in [5.74, 6) is 2.28. The molecule has 1 aliphatic heterocycles. The Bertz CT molecular complexity index is 627. The lowest BCUT2D eigenvalue weighted by Gasteiger charge is -2.25. The first-order valence-corrected chi connectivity index (χ1v) is 9.66. The SMILES string of the molecule is O=C(CC1CSCCN1)NC(Cc1ccccc1)c1ccccc1. The first-order chi connectivity index (χ1) is 11.8. The van der Waals surface area contributed by atoms with Crippen LogP contribution in [0.2, 0.25) is 0 Å². The van der Waals surface area contributed by atoms with Crippen LogP contribution in [0.25, 0.3) is 0 Å². The third kappa shape index (κ3) is 5.11. The van der Waals surface area contributed by atoms with E-state index in [2.05, 4.69) is 34.9 Å². The number of hydrogen-bond acceptors (Lipinski definition) is 3. The van der Waals surface area contributed by atoms with Gasteiger partial charge in [-0.15, -0.1) is 0 Å². The number of benzene rings is 2. The van der Waals surface area contributed by atoms with Crippen molar-refractivity contribution in [2.75, 3.05) is 18.1 Å². The van der Waals surface area contributed by atoms with E-state index in [1.165, 1.54) is 5.56 Å². The summed E-state index contributed by atoms with van der Waals surface area (Å²) in [6, 6.07) is 20.9. The molecule has 2 aromatic rings. The third-order valence-corrected chi connectivity index (χ3v) is 5.38. The highest BCUT2D eigenvalue weighted by Crippen LogP contribution is 2.19. The lowest BCUT2D eigenvalue weighted by molar-refractivity contribution is -0.122. The highest BCUT2D eigenvalue weighted by Gasteiger charge is 2.20. The third-order valence-electron chi connectivity index (χ3n) is 4.25. The molecule has 1 aliphatic rings. The second-order valence-corrected chi connectivity index (χ2v) is 7.30. The Morgan fingerprint density at radius 2 is 1.83 bits per heavy atom. The molecule has 0 saturated carbocycles. The van der Waals surface area contributed by atoms with Gasteiger partial charge < -0.3 is 10.6 Å². The molecule has 1 fully saturated rings. The van der Waals surface area contributed by atoms with Crippen molar-refractivity contribution in [3.63, 3.8) is 0 Å². The van der Waals surface area contributed by atoms with Gasteiger partial charge in [0.05, 0.1) is 6.04 Å². The Kier molecular flexibility index (Phi) is 6.33. The molecule has 1 amide bonds. The summed E-state index contributed by atoms with van der Waals surface area (Å²) < 4.78 is 0. The zero-order valence-corrected chi connectivity index (χ0v) is 14.6. The summed E-state index contributed by atoms with van der Waals surface area (Å²) in [6.45, 7) is 0.995. The number of nitrogens with one attached hydrogen (secondary N) is 2. The van der Waals surface area contributed by atoms with E-state index in [0.717, 1.165) is 30.0 Å². The highest BCUT2D eigenvalue weighted by molar-refractivity contribution is 7.99. The van der Waals surface area contributed by atoms with Crippen molar-refractivity contribution in [1.29, 1.82) is 0 Å². The average Bonchev–Trinajstić information content (AvgIpc) is 2.63. The molecule has 0 aromatic heterocycles. The number of rotatable bonds is 6. The van der Waals surface area contributed by atoms with Crippen LogP contribution < -0.4 is 10.6 Å². The van der Waals surface area contributed by atoms with Gasteiger partial charge in [0.2, 0.25) is 5.91 Å². The Morgan fingerprint density at radius 3 is 2.50 bits per heavy atom. The van der Waals surface area contributed by atoms with Gasteiger partial charge in [-0.05, 0) is 17.5 Å². The quantitative estimate of drug-likeness (QED) is 0.849. The summed E-state index contributed by atoms with van der Waals surface area (Å²) >= 11 is 1.92. The number of amides is 1. The van der Waals surface area contributed by atoms with Crippen molar-refractivity contribution in [2.24, 2.45) is 0 Å². The molecule has 0 aliphatic carbocycles. The van der Waals surface area contributed by atoms with Crippen LogP contribution in [-0.4, -0.2) is 30.0 Å². The summed E-state index contributed by atoms with van der Waals surface area (Å²) in [5, 5.41) is 6.67. The zero-order valence-electron chi connectivity index (χ0n) is 13.8. The molecule has 2 aromatic carbocycles. The molecule has 2 N–H and O–H groups in total. The first kappa shape index (κ1) is 17.1. The van der Waals surface area contributed by atoms with Crippen molar-refractivity contribution in [3.8, 4) is 0 Å². The number of carbonyl (C=O) groups is 1. The molecule has 1 saturated heterocycles. The maximum absolute atomic E-state index is 12.5. The molecule has 1 heterocycles. The summed E-state index contributed by atoms with van der Waals surface area (Å²) in [6.07, 6.45) is 1.36. The fourth-order valence-corrected chi connectivity index (χ4v) is 3.96. The highest BCUT2D eigenvalue weighted by atomic mass is 32.2. The summed E-state index contributed by atoms with van der Waals surface area (Å²) in [4.78, 5) is 12.5. The van der Waals surface area contributed by atoms with Crippen molar-refractivity contribution in [3.05, 3.63) is 71.8 Å². The monoisotopic (exact) mass is 340 g/mol. The van der Waals surface area contributed by atoms with Crippen LogP contribution in [0.3, 0.4) is 0 Å². The van der Waals surface area contributed by atoms with E-state index in [1.54, 1.807) is 0 Å². The smallest absolute Gasteiger partial charge is 0.222 e. The van der Waals surface area contributed by atoms with Gasteiger partial charge in [0.1, 0.15) is 0 Å². The van der Waals surface area contributed by atoms with Crippen LogP contribution in [0.15, 0.2) is 60.7 Å². The number of hydrogen-bond donors (Lipinski definition) is 2. The molecule has 0 spiro atoms. The molecule has 0 bridgehead atoms. The molecule has 24 heavy (non-hydrogen) atoms. The van der Waals surface area contributed by atoms with Crippen molar-refractivity contribution in [1.82, 2.24) is 10.6 Å². The lowest BCUT2D eigenvalue weighted by atomic mass is 9.98. The normalized spacial score (nSPS) is 18.8.